The Labute approximate surface area is 79.5 Å². The molecular formula is C9H19NO3. The van der Waals surface area contributed by atoms with Crippen LogP contribution in [0, 0.1) is 0 Å². The molecule has 0 aromatic rings. The molecule has 0 spiro atoms. The van der Waals surface area contributed by atoms with E-state index in [1.165, 1.54) is 0 Å². The van der Waals surface area contributed by atoms with E-state index in [0.29, 0.717) is 0 Å². The summed E-state index contributed by atoms with van der Waals surface area (Å²) in [6, 6.07) is 0. The minimum Gasteiger partial charge on any atom is -0.373 e. The molecule has 78 valence electrons. The summed E-state index contributed by atoms with van der Waals surface area (Å²) in [5.41, 5.74) is 0. The average molecular weight is 189 g/mol. The molecule has 4 heteroatoms. The fourth-order valence-corrected chi connectivity index (χ4v) is 1.33. The van der Waals surface area contributed by atoms with Crippen LogP contribution in [0.2, 0.25) is 0 Å². The van der Waals surface area contributed by atoms with Gasteiger partial charge in [0.05, 0.1) is 18.8 Å². The lowest BCUT2D eigenvalue weighted by molar-refractivity contribution is -0.176. The van der Waals surface area contributed by atoms with E-state index < -0.39 is 0 Å². The topological polar surface area (TPSA) is 39.7 Å². The summed E-state index contributed by atoms with van der Waals surface area (Å²) in [5, 5.41) is 3.26. The van der Waals surface area contributed by atoms with Gasteiger partial charge in [0.2, 0.25) is 0 Å². The van der Waals surface area contributed by atoms with Crippen LogP contribution in [0.25, 0.3) is 0 Å². The Morgan fingerprint density at radius 3 is 2.77 bits per heavy atom. The molecule has 3 atom stereocenters. The second kappa shape index (κ2) is 5.54. The van der Waals surface area contributed by atoms with Crippen molar-refractivity contribution < 1.29 is 14.2 Å². The zero-order valence-corrected chi connectivity index (χ0v) is 8.58. The smallest absolute Gasteiger partial charge is 0.154 e. The van der Waals surface area contributed by atoms with Gasteiger partial charge in [-0.15, -0.1) is 0 Å². The summed E-state index contributed by atoms with van der Waals surface area (Å²) < 4.78 is 16.1. The van der Waals surface area contributed by atoms with Gasteiger partial charge in [0, 0.05) is 20.2 Å². The summed E-state index contributed by atoms with van der Waals surface area (Å²) >= 11 is 0. The Bertz CT molecular complexity index is 137. The Morgan fingerprint density at radius 2 is 2.23 bits per heavy atom. The lowest BCUT2D eigenvalue weighted by atomic mass is 10.2. The average Bonchev–Trinajstić information content (AvgIpc) is 2.19. The van der Waals surface area contributed by atoms with Gasteiger partial charge in [-0.25, -0.2) is 0 Å². The minimum atomic E-state index is -0.166. The summed E-state index contributed by atoms with van der Waals surface area (Å²) in [6.07, 6.45) is 0.0506. The first-order valence-corrected chi connectivity index (χ1v) is 4.74. The fraction of sp³-hybridized carbons (Fsp3) is 1.00. The van der Waals surface area contributed by atoms with Crippen LogP contribution in [0.5, 0.6) is 0 Å². The van der Waals surface area contributed by atoms with E-state index in [9.17, 15) is 0 Å². The molecule has 0 saturated carbocycles. The molecule has 0 aromatic heterocycles. The highest BCUT2D eigenvalue weighted by molar-refractivity contribution is 4.73. The minimum absolute atomic E-state index is 0.0720. The molecule has 0 amide bonds. The molecule has 1 rings (SSSR count). The van der Waals surface area contributed by atoms with Crippen molar-refractivity contribution >= 4 is 0 Å². The van der Waals surface area contributed by atoms with E-state index in [1.807, 2.05) is 13.8 Å². The van der Waals surface area contributed by atoms with Crippen molar-refractivity contribution in [1.82, 2.24) is 5.32 Å². The van der Waals surface area contributed by atoms with Gasteiger partial charge < -0.3 is 19.5 Å². The Morgan fingerprint density at radius 1 is 1.46 bits per heavy atom. The summed E-state index contributed by atoms with van der Waals surface area (Å²) in [4.78, 5) is 0. The molecule has 1 saturated heterocycles. The fourth-order valence-electron chi connectivity index (χ4n) is 1.33. The molecule has 1 aliphatic heterocycles. The van der Waals surface area contributed by atoms with Crippen molar-refractivity contribution in [3.8, 4) is 0 Å². The molecule has 3 unspecified atom stereocenters. The molecule has 1 heterocycles. The zero-order chi connectivity index (χ0) is 9.68. The van der Waals surface area contributed by atoms with Crippen LogP contribution in [0.4, 0.5) is 0 Å². The number of rotatable bonds is 4. The molecule has 0 bridgehead atoms. The van der Waals surface area contributed by atoms with Gasteiger partial charge in [0.1, 0.15) is 0 Å². The van der Waals surface area contributed by atoms with E-state index in [0.717, 1.165) is 19.7 Å². The molecule has 13 heavy (non-hydrogen) atoms. The lowest BCUT2D eigenvalue weighted by Crippen LogP contribution is -2.45. The van der Waals surface area contributed by atoms with Crippen LogP contribution in [-0.4, -0.2) is 45.3 Å². The van der Waals surface area contributed by atoms with Crippen molar-refractivity contribution in [3.63, 3.8) is 0 Å². The second-order valence-electron chi connectivity index (χ2n) is 3.26. The van der Waals surface area contributed by atoms with Gasteiger partial charge in [-0.2, -0.15) is 0 Å². The molecule has 1 aliphatic rings. The monoisotopic (exact) mass is 189 g/mol. The van der Waals surface area contributed by atoms with E-state index in [1.54, 1.807) is 7.11 Å². The maximum atomic E-state index is 5.55. The highest BCUT2D eigenvalue weighted by atomic mass is 16.7. The quantitative estimate of drug-likeness (QED) is 0.649. The third kappa shape index (κ3) is 3.60. The largest absolute Gasteiger partial charge is 0.373 e. The summed E-state index contributed by atoms with van der Waals surface area (Å²) in [7, 11) is 1.64. The normalized spacial score (nSPS) is 28.4. The van der Waals surface area contributed by atoms with Crippen LogP contribution in [0.1, 0.15) is 13.8 Å². The number of hydrogen-bond acceptors (Lipinski definition) is 4. The van der Waals surface area contributed by atoms with E-state index >= 15 is 0 Å². The second-order valence-corrected chi connectivity index (χ2v) is 3.26. The van der Waals surface area contributed by atoms with Gasteiger partial charge in [-0.3, -0.25) is 0 Å². The van der Waals surface area contributed by atoms with Gasteiger partial charge in [-0.1, -0.05) is 0 Å². The Balaban J connectivity index is 2.24. The summed E-state index contributed by atoms with van der Waals surface area (Å²) in [6.45, 7) is 6.44. The SMILES string of the molecule is COC(C)OC(C)C1CNCCO1. The van der Waals surface area contributed by atoms with Crippen LogP contribution in [0.15, 0.2) is 0 Å². The van der Waals surface area contributed by atoms with Gasteiger partial charge in [0.15, 0.2) is 6.29 Å². The lowest BCUT2D eigenvalue weighted by Gasteiger charge is -2.30. The number of ether oxygens (including phenoxy) is 3. The highest BCUT2D eigenvalue weighted by Gasteiger charge is 2.22. The van der Waals surface area contributed by atoms with Crippen LogP contribution in [0.3, 0.4) is 0 Å². The van der Waals surface area contributed by atoms with E-state index in [4.69, 9.17) is 14.2 Å². The van der Waals surface area contributed by atoms with Crippen molar-refractivity contribution in [2.24, 2.45) is 0 Å². The first-order valence-electron chi connectivity index (χ1n) is 4.74. The van der Waals surface area contributed by atoms with Crippen LogP contribution in [-0.2, 0) is 14.2 Å². The van der Waals surface area contributed by atoms with Crippen molar-refractivity contribution in [3.05, 3.63) is 0 Å². The van der Waals surface area contributed by atoms with Gasteiger partial charge >= 0.3 is 0 Å². The first-order chi connectivity index (χ1) is 6.24. The first kappa shape index (κ1) is 10.9. The predicted molar refractivity (Wildman–Crippen MR) is 49.6 cm³/mol. The number of nitrogens with one attached hydrogen (secondary N) is 1. The Hall–Kier alpha value is -0.160. The number of methoxy groups -OCH3 is 1. The molecule has 0 aromatic carbocycles. The molecule has 1 N–H and O–H groups in total. The molecule has 0 aliphatic carbocycles. The van der Waals surface area contributed by atoms with Gasteiger partial charge in [0.25, 0.3) is 0 Å². The molecule has 4 nitrogen and oxygen atoms in total. The van der Waals surface area contributed by atoms with Crippen LogP contribution < -0.4 is 5.32 Å². The third-order valence-electron chi connectivity index (χ3n) is 2.22. The highest BCUT2D eigenvalue weighted by Crippen LogP contribution is 2.08. The van der Waals surface area contributed by atoms with Crippen LogP contribution >= 0.6 is 0 Å². The molecule has 1 fully saturated rings. The summed E-state index contributed by atoms with van der Waals surface area (Å²) in [5.74, 6) is 0. The Kier molecular flexibility index (Phi) is 4.66. The standard InChI is InChI=1S/C9H19NO3/c1-7(13-8(2)11-3)9-6-10-4-5-12-9/h7-10H,4-6H2,1-3H3. The van der Waals surface area contributed by atoms with Crippen molar-refractivity contribution in [2.75, 3.05) is 26.8 Å². The zero-order valence-electron chi connectivity index (χ0n) is 8.58. The predicted octanol–water partition coefficient (Wildman–Crippen LogP) is 0.372. The molecule has 0 radical (unpaired) electrons. The maximum absolute atomic E-state index is 5.55. The van der Waals surface area contributed by atoms with Gasteiger partial charge in [-0.05, 0) is 13.8 Å². The van der Waals surface area contributed by atoms with Crippen molar-refractivity contribution in [1.29, 1.82) is 0 Å². The van der Waals surface area contributed by atoms with Crippen molar-refractivity contribution in [2.45, 2.75) is 32.3 Å². The maximum Gasteiger partial charge on any atom is 0.154 e. The van der Waals surface area contributed by atoms with E-state index in [-0.39, 0.29) is 18.5 Å². The number of morpholine rings is 1. The number of hydrogen-bond donors (Lipinski definition) is 1. The third-order valence-corrected chi connectivity index (χ3v) is 2.22. The van der Waals surface area contributed by atoms with E-state index in [2.05, 4.69) is 5.32 Å². The molecular weight excluding hydrogens is 170 g/mol.